The minimum Gasteiger partial charge on any atom is -0.463 e. The van der Waals surface area contributed by atoms with E-state index in [0.717, 1.165) is 43.6 Å². The second kappa shape index (κ2) is 14.7. The highest BCUT2D eigenvalue weighted by Gasteiger charge is 2.42. The lowest BCUT2D eigenvalue weighted by Crippen LogP contribution is -2.40. The molecule has 4 aromatic rings. The highest BCUT2D eigenvalue weighted by Crippen LogP contribution is 2.33. The minimum atomic E-state index is -1.96. The summed E-state index contributed by atoms with van der Waals surface area (Å²) in [6, 6.07) is 30.3. The standard InChI is InChI=1S/C38H43N3O5/c1-37(2,3)46-36(43)40-25-34-19-16-31(24-39-34)30-14-17-33(18-15-30)38(44,32-12-8-5-9-13-32)35(42)45-27-29-20-22-41(23-21-29)26-28-10-6-4-7-11-28/h4-19,24,29,44H,20-23,25-27H2,1-3H3,(H,40,43). The Labute approximate surface area is 271 Å². The zero-order valence-electron chi connectivity index (χ0n) is 26.8. The number of piperidine rings is 1. The molecular weight excluding hydrogens is 578 g/mol. The molecule has 0 spiro atoms. The molecule has 0 aliphatic carbocycles. The van der Waals surface area contributed by atoms with E-state index >= 15 is 0 Å². The van der Waals surface area contributed by atoms with Crippen LogP contribution in [0.15, 0.2) is 103 Å². The maximum Gasteiger partial charge on any atom is 0.407 e. The number of amides is 1. The van der Waals surface area contributed by atoms with E-state index in [1.165, 1.54) is 5.56 Å². The first-order chi connectivity index (χ1) is 22.1. The Bertz CT molecular complexity index is 1560. The van der Waals surface area contributed by atoms with E-state index in [2.05, 4.69) is 39.5 Å². The number of nitrogens with zero attached hydrogens (tertiary/aromatic N) is 2. The molecule has 5 rings (SSSR count). The summed E-state index contributed by atoms with van der Waals surface area (Å²) in [4.78, 5) is 32.5. The predicted molar refractivity (Wildman–Crippen MR) is 178 cm³/mol. The van der Waals surface area contributed by atoms with Gasteiger partial charge in [-0.05, 0) is 80.9 Å². The van der Waals surface area contributed by atoms with Crippen molar-refractivity contribution in [1.29, 1.82) is 0 Å². The van der Waals surface area contributed by atoms with Crippen molar-refractivity contribution in [3.63, 3.8) is 0 Å². The van der Waals surface area contributed by atoms with Gasteiger partial charge in [0.05, 0.1) is 18.8 Å². The molecule has 8 nitrogen and oxygen atoms in total. The number of carbonyl (C=O) groups excluding carboxylic acids is 2. The number of hydrogen-bond acceptors (Lipinski definition) is 7. The molecule has 3 aromatic carbocycles. The quantitative estimate of drug-likeness (QED) is 0.196. The van der Waals surface area contributed by atoms with E-state index in [4.69, 9.17) is 9.47 Å². The first-order valence-corrected chi connectivity index (χ1v) is 15.8. The summed E-state index contributed by atoms with van der Waals surface area (Å²) in [6.07, 6.45) is 3.09. The fourth-order valence-corrected chi connectivity index (χ4v) is 5.61. The third-order valence-electron chi connectivity index (χ3n) is 8.17. The summed E-state index contributed by atoms with van der Waals surface area (Å²) >= 11 is 0. The van der Waals surface area contributed by atoms with E-state index in [1.54, 1.807) is 42.6 Å². The molecule has 1 atom stereocenters. The maximum absolute atomic E-state index is 13.7. The Morgan fingerprint density at radius 2 is 1.46 bits per heavy atom. The van der Waals surface area contributed by atoms with Crippen molar-refractivity contribution < 1.29 is 24.2 Å². The van der Waals surface area contributed by atoms with Crippen LogP contribution in [0.25, 0.3) is 11.1 Å². The molecule has 46 heavy (non-hydrogen) atoms. The predicted octanol–water partition coefficient (Wildman–Crippen LogP) is 6.46. The number of esters is 1. The van der Waals surface area contributed by atoms with Gasteiger partial charge in [-0.15, -0.1) is 0 Å². The molecule has 240 valence electrons. The third-order valence-corrected chi connectivity index (χ3v) is 8.17. The van der Waals surface area contributed by atoms with Gasteiger partial charge in [-0.25, -0.2) is 9.59 Å². The van der Waals surface area contributed by atoms with Crippen LogP contribution in [0.1, 0.15) is 56.0 Å². The number of nitrogens with one attached hydrogen (secondary N) is 1. The van der Waals surface area contributed by atoms with Crippen molar-refractivity contribution in [2.24, 2.45) is 5.92 Å². The number of aliphatic hydroxyl groups is 1. The molecule has 0 saturated carbocycles. The first kappa shape index (κ1) is 32.9. The number of rotatable bonds is 10. The van der Waals surface area contributed by atoms with Gasteiger partial charge in [-0.2, -0.15) is 0 Å². The summed E-state index contributed by atoms with van der Waals surface area (Å²) < 4.78 is 11.1. The van der Waals surface area contributed by atoms with Crippen LogP contribution < -0.4 is 5.32 Å². The van der Waals surface area contributed by atoms with E-state index in [0.29, 0.717) is 16.8 Å². The fourth-order valence-electron chi connectivity index (χ4n) is 5.61. The van der Waals surface area contributed by atoms with Gasteiger partial charge >= 0.3 is 12.1 Å². The summed E-state index contributed by atoms with van der Waals surface area (Å²) in [7, 11) is 0. The van der Waals surface area contributed by atoms with Crippen LogP contribution >= 0.6 is 0 Å². The molecule has 0 radical (unpaired) electrons. The Hall–Kier alpha value is -4.53. The summed E-state index contributed by atoms with van der Waals surface area (Å²) in [5.74, 6) is -0.435. The number of hydrogen-bond donors (Lipinski definition) is 2. The molecule has 1 aliphatic heterocycles. The monoisotopic (exact) mass is 621 g/mol. The van der Waals surface area contributed by atoms with Crippen molar-refractivity contribution in [3.8, 4) is 11.1 Å². The van der Waals surface area contributed by atoms with Gasteiger partial charge in [0.1, 0.15) is 5.60 Å². The molecule has 8 heteroatoms. The zero-order valence-corrected chi connectivity index (χ0v) is 26.8. The van der Waals surface area contributed by atoms with Gasteiger partial charge in [0.15, 0.2) is 0 Å². The molecule has 1 fully saturated rings. The van der Waals surface area contributed by atoms with Crippen molar-refractivity contribution in [2.45, 2.75) is 57.9 Å². The topological polar surface area (TPSA) is 101 Å². The summed E-state index contributed by atoms with van der Waals surface area (Å²) in [5, 5.41) is 14.7. The van der Waals surface area contributed by atoms with Crippen molar-refractivity contribution in [1.82, 2.24) is 15.2 Å². The third kappa shape index (κ3) is 8.59. The summed E-state index contributed by atoms with van der Waals surface area (Å²) in [6.45, 7) is 8.75. The molecule has 2 heterocycles. The minimum absolute atomic E-state index is 0.243. The highest BCUT2D eigenvalue weighted by molar-refractivity contribution is 5.85. The number of aromatic nitrogens is 1. The van der Waals surface area contributed by atoms with Gasteiger partial charge in [0.2, 0.25) is 5.60 Å². The van der Waals surface area contributed by atoms with Gasteiger partial charge in [-0.1, -0.05) is 91.0 Å². The number of benzene rings is 3. The Kier molecular flexibility index (Phi) is 10.5. The second-order valence-electron chi connectivity index (χ2n) is 12.9. The van der Waals surface area contributed by atoms with Crippen LogP contribution in [0.4, 0.5) is 4.79 Å². The number of alkyl carbamates (subject to hydrolysis) is 1. The van der Waals surface area contributed by atoms with E-state index < -0.39 is 23.3 Å². The Morgan fingerprint density at radius 3 is 2.07 bits per heavy atom. The number of likely N-dealkylation sites (tertiary alicyclic amines) is 1. The van der Waals surface area contributed by atoms with Gasteiger partial charge < -0.3 is 19.9 Å². The largest absolute Gasteiger partial charge is 0.463 e. The van der Waals surface area contributed by atoms with Crippen LogP contribution in [-0.2, 0) is 33.0 Å². The SMILES string of the molecule is CC(C)(C)OC(=O)NCc1ccc(-c2ccc(C(O)(C(=O)OCC3CCN(Cc4ccccc4)CC3)c3ccccc3)cc2)cn1. The highest BCUT2D eigenvalue weighted by atomic mass is 16.6. The van der Waals surface area contributed by atoms with E-state index in [1.807, 2.05) is 57.2 Å². The first-order valence-electron chi connectivity index (χ1n) is 15.8. The summed E-state index contributed by atoms with van der Waals surface area (Å²) in [5.41, 5.74) is 2.07. The smallest absolute Gasteiger partial charge is 0.407 e. The average molecular weight is 622 g/mol. The average Bonchev–Trinajstić information content (AvgIpc) is 3.07. The molecule has 1 aromatic heterocycles. The number of carbonyl (C=O) groups is 2. The Balaban J connectivity index is 1.22. The second-order valence-corrected chi connectivity index (χ2v) is 12.9. The van der Waals surface area contributed by atoms with Crippen molar-refractivity contribution in [3.05, 3.63) is 126 Å². The fraction of sp³-hybridized carbons (Fsp3) is 0.342. The molecule has 0 bridgehead atoms. The lowest BCUT2D eigenvalue weighted by atomic mass is 9.85. The van der Waals surface area contributed by atoms with Crippen LogP contribution in [0.2, 0.25) is 0 Å². The normalized spacial score (nSPS) is 15.5. The molecule has 1 saturated heterocycles. The van der Waals surface area contributed by atoms with Crippen molar-refractivity contribution in [2.75, 3.05) is 19.7 Å². The number of ether oxygens (including phenoxy) is 2. The van der Waals surface area contributed by atoms with Crippen LogP contribution in [0, 0.1) is 5.92 Å². The maximum atomic E-state index is 13.7. The van der Waals surface area contributed by atoms with Gasteiger partial charge in [0.25, 0.3) is 0 Å². The van der Waals surface area contributed by atoms with E-state index in [9.17, 15) is 14.7 Å². The van der Waals surface area contributed by atoms with Crippen LogP contribution in [-0.4, -0.2) is 52.4 Å². The van der Waals surface area contributed by atoms with E-state index in [-0.39, 0.29) is 19.1 Å². The zero-order chi connectivity index (χ0) is 32.6. The molecule has 1 aliphatic rings. The number of pyridine rings is 1. The van der Waals surface area contributed by atoms with Crippen LogP contribution in [0.5, 0.6) is 0 Å². The van der Waals surface area contributed by atoms with Gasteiger partial charge in [-0.3, -0.25) is 9.88 Å². The Morgan fingerprint density at radius 1 is 0.848 bits per heavy atom. The van der Waals surface area contributed by atoms with Crippen molar-refractivity contribution >= 4 is 12.1 Å². The van der Waals surface area contributed by atoms with Crippen LogP contribution in [0.3, 0.4) is 0 Å². The molecule has 1 amide bonds. The lowest BCUT2D eigenvalue weighted by Gasteiger charge is -2.33. The van der Waals surface area contributed by atoms with Gasteiger partial charge in [0, 0.05) is 18.3 Å². The molecule has 1 unspecified atom stereocenters. The lowest BCUT2D eigenvalue weighted by molar-refractivity contribution is -0.164. The molecular formula is C38H43N3O5. The molecule has 2 N–H and O–H groups in total.